The third kappa shape index (κ3) is 4.15. The van der Waals surface area contributed by atoms with Gasteiger partial charge in [0.05, 0.1) is 36.1 Å². The quantitative estimate of drug-likeness (QED) is 0.257. The molecule has 6 rings (SSSR count). The Hall–Kier alpha value is -4.04. The number of methoxy groups -OCH3 is 2. The van der Waals surface area contributed by atoms with Gasteiger partial charge in [0.25, 0.3) is 5.91 Å². The van der Waals surface area contributed by atoms with Gasteiger partial charge in [0.15, 0.2) is 18.1 Å². The molecular formula is C30H26BrN3O4. The van der Waals surface area contributed by atoms with Crippen LogP contribution in [0.4, 0.5) is 0 Å². The van der Waals surface area contributed by atoms with Gasteiger partial charge in [-0.3, -0.25) is 4.79 Å². The van der Waals surface area contributed by atoms with Crippen LogP contribution in [-0.2, 0) is 11.2 Å². The van der Waals surface area contributed by atoms with Crippen molar-refractivity contribution < 1.29 is 19.0 Å². The molecule has 1 atom stereocenters. The molecule has 5 aromatic rings. The van der Waals surface area contributed by atoms with E-state index in [-0.39, 0.29) is 18.6 Å². The van der Waals surface area contributed by atoms with E-state index in [2.05, 4.69) is 20.3 Å². The van der Waals surface area contributed by atoms with Gasteiger partial charge in [0.1, 0.15) is 11.4 Å². The van der Waals surface area contributed by atoms with Gasteiger partial charge in [-0.1, -0.05) is 42.5 Å². The predicted molar refractivity (Wildman–Crippen MR) is 149 cm³/mol. The SMILES string of the molecule is COc1ccc(C2c3c(nc4ccccn34)CCN2C(=O)COc2ccc3ccccc3c2Br)cc1OC. The summed E-state index contributed by atoms with van der Waals surface area (Å²) in [7, 11) is 3.22. The summed E-state index contributed by atoms with van der Waals surface area (Å²) < 4.78 is 20.0. The lowest BCUT2D eigenvalue weighted by atomic mass is 9.95. The van der Waals surface area contributed by atoms with Gasteiger partial charge in [0, 0.05) is 19.2 Å². The molecule has 0 saturated heterocycles. The maximum absolute atomic E-state index is 13.8. The molecule has 0 fully saturated rings. The Morgan fingerprint density at radius 2 is 1.76 bits per heavy atom. The number of imidazole rings is 1. The molecule has 38 heavy (non-hydrogen) atoms. The molecule has 7 nitrogen and oxygen atoms in total. The summed E-state index contributed by atoms with van der Waals surface area (Å²) in [6, 6.07) is 23.3. The number of pyridine rings is 1. The van der Waals surface area contributed by atoms with Crippen LogP contribution >= 0.6 is 15.9 Å². The van der Waals surface area contributed by atoms with E-state index >= 15 is 0 Å². The summed E-state index contributed by atoms with van der Waals surface area (Å²) in [5.74, 6) is 1.76. The van der Waals surface area contributed by atoms with Crippen LogP contribution in [0.1, 0.15) is 23.0 Å². The van der Waals surface area contributed by atoms with E-state index in [9.17, 15) is 4.79 Å². The molecule has 1 aliphatic rings. The van der Waals surface area contributed by atoms with Crippen molar-refractivity contribution in [1.82, 2.24) is 14.3 Å². The first-order chi connectivity index (χ1) is 18.6. The van der Waals surface area contributed by atoms with E-state index in [0.717, 1.165) is 37.8 Å². The molecule has 3 aromatic carbocycles. The Morgan fingerprint density at radius 1 is 0.974 bits per heavy atom. The second-order valence-electron chi connectivity index (χ2n) is 9.11. The number of amides is 1. The Bertz CT molecular complexity index is 1660. The lowest BCUT2D eigenvalue weighted by molar-refractivity contribution is -0.135. The Labute approximate surface area is 228 Å². The van der Waals surface area contributed by atoms with E-state index in [1.54, 1.807) is 14.2 Å². The summed E-state index contributed by atoms with van der Waals surface area (Å²) in [5, 5.41) is 2.14. The fraction of sp³-hybridized carbons (Fsp3) is 0.200. The van der Waals surface area contributed by atoms with Crippen molar-refractivity contribution >= 4 is 38.3 Å². The standard InChI is InChI=1S/C30H26BrN3O4/c1-36-23-12-11-20(17-25(23)37-2)29-30-22(32-26-9-5-6-15-33(26)30)14-16-34(29)27(35)18-38-24-13-10-19-7-3-4-8-21(19)28(24)31/h3-13,15,17,29H,14,16,18H2,1-2H3. The number of ether oxygens (including phenoxy) is 3. The van der Waals surface area contributed by atoms with Crippen molar-refractivity contribution in [3.8, 4) is 17.2 Å². The molecule has 3 heterocycles. The average Bonchev–Trinajstić information content (AvgIpc) is 3.34. The largest absolute Gasteiger partial charge is 0.493 e. The molecule has 1 aliphatic heterocycles. The van der Waals surface area contributed by atoms with Crippen molar-refractivity contribution in [3.63, 3.8) is 0 Å². The summed E-state index contributed by atoms with van der Waals surface area (Å²) in [6.07, 6.45) is 2.65. The maximum atomic E-state index is 13.8. The van der Waals surface area contributed by atoms with E-state index in [0.29, 0.717) is 30.2 Å². The van der Waals surface area contributed by atoms with Crippen molar-refractivity contribution in [2.75, 3.05) is 27.4 Å². The van der Waals surface area contributed by atoms with Gasteiger partial charge in [-0.25, -0.2) is 4.98 Å². The number of benzene rings is 3. The smallest absolute Gasteiger partial charge is 0.261 e. The zero-order valence-electron chi connectivity index (χ0n) is 21.1. The van der Waals surface area contributed by atoms with E-state index in [1.807, 2.05) is 83.9 Å². The van der Waals surface area contributed by atoms with Gasteiger partial charge in [-0.2, -0.15) is 0 Å². The predicted octanol–water partition coefficient (Wildman–Crippen LogP) is 5.82. The van der Waals surface area contributed by atoms with Crippen LogP contribution in [0.25, 0.3) is 16.4 Å². The summed E-state index contributed by atoms with van der Waals surface area (Å²) in [6.45, 7) is 0.434. The molecule has 0 aliphatic carbocycles. The van der Waals surface area contributed by atoms with Crippen molar-refractivity contribution in [1.29, 1.82) is 0 Å². The van der Waals surface area contributed by atoms with E-state index in [4.69, 9.17) is 19.2 Å². The van der Waals surface area contributed by atoms with Crippen molar-refractivity contribution in [3.05, 3.63) is 100 Å². The van der Waals surface area contributed by atoms with Gasteiger partial charge < -0.3 is 23.5 Å². The number of carbonyl (C=O) groups excluding carboxylic acids is 1. The number of halogens is 1. The highest BCUT2D eigenvalue weighted by Crippen LogP contribution is 2.39. The molecule has 0 N–H and O–H groups in total. The van der Waals surface area contributed by atoms with Crippen LogP contribution in [0.3, 0.4) is 0 Å². The first kappa shape index (κ1) is 24.3. The molecule has 1 unspecified atom stereocenters. The van der Waals surface area contributed by atoms with Gasteiger partial charge in [0.2, 0.25) is 0 Å². The van der Waals surface area contributed by atoms with Crippen molar-refractivity contribution in [2.24, 2.45) is 0 Å². The zero-order chi connectivity index (χ0) is 26.2. The third-order valence-corrected chi connectivity index (χ3v) is 7.84. The Balaban J connectivity index is 1.37. The van der Waals surface area contributed by atoms with E-state index in [1.165, 1.54) is 0 Å². The van der Waals surface area contributed by atoms with Crippen LogP contribution in [0.15, 0.2) is 83.5 Å². The number of carbonyl (C=O) groups is 1. The van der Waals surface area contributed by atoms with Gasteiger partial charge >= 0.3 is 0 Å². The normalized spacial score (nSPS) is 14.9. The molecule has 2 aromatic heterocycles. The van der Waals surface area contributed by atoms with Gasteiger partial charge in [-0.05, 0) is 62.6 Å². The molecule has 0 spiro atoms. The molecule has 8 heteroatoms. The lowest BCUT2D eigenvalue weighted by Gasteiger charge is -2.36. The Morgan fingerprint density at radius 3 is 2.61 bits per heavy atom. The first-order valence-electron chi connectivity index (χ1n) is 12.4. The van der Waals surface area contributed by atoms with Crippen LogP contribution in [0, 0.1) is 0 Å². The maximum Gasteiger partial charge on any atom is 0.261 e. The topological polar surface area (TPSA) is 65.3 Å². The molecule has 0 bridgehead atoms. The number of fused-ring (bicyclic) bond motifs is 4. The second-order valence-corrected chi connectivity index (χ2v) is 9.91. The third-order valence-electron chi connectivity index (χ3n) is 7.03. The molecule has 1 amide bonds. The minimum Gasteiger partial charge on any atom is -0.493 e. The Kier molecular flexibility index (Phi) is 6.41. The number of hydrogen-bond donors (Lipinski definition) is 0. The number of aromatic nitrogens is 2. The second kappa shape index (κ2) is 10.0. The highest BCUT2D eigenvalue weighted by Gasteiger charge is 2.36. The highest BCUT2D eigenvalue weighted by molar-refractivity contribution is 9.10. The number of hydrogen-bond acceptors (Lipinski definition) is 5. The van der Waals surface area contributed by atoms with Crippen LogP contribution in [-0.4, -0.2) is 47.6 Å². The monoisotopic (exact) mass is 571 g/mol. The number of nitrogens with zero attached hydrogens (tertiary/aromatic N) is 3. The molecule has 192 valence electrons. The van der Waals surface area contributed by atoms with Crippen LogP contribution in [0.5, 0.6) is 17.2 Å². The summed E-state index contributed by atoms with van der Waals surface area (Å²) >= 11 is 3.66. The van der Waals surface area contributed by atoms with Crippen molar-refractivity contribution in [2.45, 2.75) is 12.5 Å². The summed E-state index contributed by atoms with van der Waals surface area (Å²) in [5.41, 5.74) is 3.72. The van der Waals surface area contributed by atoms with E-state index < -0.39 is 0 Å². The van der Waals surface area contributed by atoms with Crippen LogP contribution < -0.4 is 14.2 Å². The lowest BCUT2D eigenvalue weighted by Crippen LogP contribution is -2.43. The molecule has 0 saturated carbocycles. The number of rotatable bonds is 6. The van der Waals surface area contributed by atoms with Crippen LogP contribution in [0.2, 0.25) is 0 Å². The average molecular weight is 572 g/mol. The minimum absolute atomic E-state index is 0.0905. The fourth-order valence-corrected chi connectivity index (χ4v) is 5.82. The highest BCUT2D eigenvalue weighted by atomic mass is 79.9. The summed E-state index contributed by atoms with van der Waals surface area (Å²) in [4.78, 5) is 20.5. The fourth-order valence-electron chi connectivity index (χ4n) is 5.22. The molecular weight excluding hydrogens is 546 g/mol. The first-order valence-corrected chi connectivity index (χ1v) is 13.2. The minimum atomic E-state index is -0.368. The van der Waals surface area contributed by atoms with Gasteiger partial charge in [-0.15, -0.1) is 0 Å². The molecule has 0 radical (unpaired) electrons. The zero-order valence-corrected chi connectivity index (χ0v) is 22.6.